The Morgan fingerprint density at radius 1 is 1.03 bits per heavy atom. The summed E-state index contributed by atoms with van der Waals surface area (Å²) in [7, 11) is 0. The number of imide groups is 1. The molecular formula is C25H20FN3O4S. The zero-order valence-corrected chi connectivity index (χ0v) is 18.7. The highest BCUT2D eigenvalue weighted by Crippen LogP contribution is 2.31. The van der Waals surface area contributed by atoms with Gasteiger partial charge in [-0.1, -0.05) is 42.1 Å². The van der Waals surface area contributed by atoms with E-state index in [1.54, 1.807) is 12.1 Å². The average molecular weight is 478 g/mol. The smallest absolute Gasteiger partial charge is 0.335 e. The summed E-state index contributed by atoms with van der Waals surface area (Å²) in [4.78, 5) is 42.5. The second-order valence-electron chi connectivity index (χ2n) is 7.47. The number of halogens is 1. The van der Waals surface area contributed by atoms with Gasteiger partial charge in [0.25, 0.3) is 0 Å². The first kappa shape index (κ1) is 23.2. The maximum atomic E-state index is 13.3. The largest absolute Gasteiger partial charge is 0.478 e. The van der Waals surface area contributed by atoms with E-state index in [0.717, 1.165) is 22.2 Å². The van der Waals surface area contributed by atoms with Crippen LogP contribution in [0.4, 0.5) is 15.8 Å². The van der Waals surface area contributed by atoms with Crippen LogP contribution in [0.3, 0.4) is 0 Å². The van der Waals surface area contributed by atoms with Crippen molar-refractivity contribution < 1.29 is 23.9 Å². The number of aliphatic imine (C=N–C) groups is 1. The van der Waals surface area contributed by atoms with Gasteiger partial charge in [0.1, 0.15) is 11.1 Å². The number of carbonyl (C=O) groups is 3. The van der Waals surface area contributed by atoms with Gasteiger partial charge in [0.05, 0.1) is 17.8 Å². The number of carbonyl (C=O) groups excluding carboxylic acids is 2. The standard InChI is InChI=1S/C25H20FN3O4S/c26-18-8-10-19(11-9-18)28-25(27-15-16-4-2-1-3-5-16)34-21-14-22(30)29(23(21)31)20-12-6-17(7-13-20)24(32)33/h1-13,21H,14-15H2,(H,27,28)(H,32,33). The number of aromatic carboxylic acids is 1. The molecule has 1 heterocycles. The molecule has 3 aromatic rings. The van der Waals surface area contributed by atoms with Crippen molar-refractivity contribution in [2.24, 2.45) is 4.99 Å². The lowest BCUT2D eigenvalue weighted by Crippen LogP contribution is -2.31. The summed E-state index contributed by atoms with van der Waals surface area (Å²) in [6, 6.07) is 20.9. The van der Waals surface area contributed by atoms with E-state index in [-0.39, 0.29) is 23.7 Å². The van der Waals surface area contributed by atoms with Crippen LogP contribution in [-0.2, 0) is 16.1 Å². The van der Waals surface area contributed by atoms with Crippen molar-refractivity contribution >= 4 is 46.1 Å². The van der Waals surface area contributed by atoms with E-state index in [9.17, 15) is 18.8 Å². The third kappa shape index (κ3) is 5.49. The minimum Gasteiger partial charge on any atom is -0.478 e. The molecule has 0 aliphatic carbocycles. The van der Waals surface area contributed by atoms with E-state index in [1.807, 2.05) is 30.3 Å². The quantitative estimate of drug-likeness (QED) is 0.307. The van der Waals surface area contributed by atoms with E-state index >= 15 is 0 Å². The van der Waals surface area contributed by atoms with E-state index in [0.29, 0.717) is 23.1 Å². The van der Waals surface area contributed by atoms with Crippen molar-refractivity contribution in [1.82, 2.24) is 0 Å². The van der Waals surface area contributed by atoms with Gasteiger partial charge in [-0.2, -0.15) is 0 Å². The number of carboxylic acid groups (broad SMARTS) is 1. The van der Waals surface area contributed by atoms with Crippen LogP contribution in [0.25, 0.3) is 0 Å². The Bertz CT molecular complexity index is 1230. The Morgan fingerprint density at radius 3 is 2.35 bits per heavy atom. The number of hydrogen-bond donors (Lipinski definition) is 2. The molecule has 9 heteroatoms. The number of anilines is 2. The number of nitrogens with one attached hydrogen (secondary N) is 1. The molecule has 0 radical (unpaired) electrons. The highest BCUT2D eigenvalue weighted by molar-refractivity contribution is 8.15. The number of amides is 2. The van der Waals surface area contributed by atoms with Crippen LogP contribution in [0.15, 0.2) is 83.9 Å². The minimum absolute atomic E-state index is 0.0281. The molecule has 1 atom stereocenters. The Morgan fingerprint density at radius 2 is 1.71 bits per heavy atom. The molecule has 0 spiro atoms. The Labute approximate surface area is 199 Å². The van der Waals surface area contributed by atoms with Gasteiger partial charge in [0.2, 0.25) is 11.8 Å². The molecule has 1 aliphatic rings. The third-order valence-corrected chi connectivity index (χ3v) is 6.18. The normalized spacial score (nSPS) is 16.1. The van der Waals surface area contributed by atoms with Gasteiger partial charge in [-0.25, -0.2) is 14.1 Å². The first-order chi connectivity index (χ1) is 16.4. The van der Waals surface area contributed by atoms with E-state index in [4.69, 9.17) is 5.11 Å². The molecule has 2 amide bonds. The first-order valence-electron chi connectivity index (χ1n) is 10.4. The summed E-state index contributed by atoms with van der Waals surface area (Å²) in [5.74, 6) is -2.26. The number of thioether (sulfide) groups is 1. The fourth-order valence-electron chi connectivity index (χ4n) is 3.36. The van der Waals surface area contributed by atoms with Gasteiger partial charge < -0.3 is 10.4 Å². The van der Waals surface area contributed by atoms with Crippen molar-refractivity contribution in [3.8, 4) is 0 Å². The van der Waals surface area contributed by atoms with Crippen molar-refractivity contribution in [2.45, 2.75) is 18.2 Å². The number of rotatable bonds is 6. The zero-order valence-electron chi connectivity index (χ0n) is 17.8. The second kappa shape index (κ2) is 10.3. The van der Waals surface area contributed by atoms with Crippen LogP contribution in [0.1, 0.15) is 22.3 Å². The molecule has 1 fully saturated rings. The number of carboxylic acids is 1. The lowest BCUT2D eigenvalue weighted by atomic mass is 10.2. The van der Waals surface area contributed by atoms with Gasteiger partial charge in [0.15, 0.2) is 5.17 Å². The fraction of sp³-hybridized carbons (Fsp3) is 0.120. The van der Waals surface area contributed by atoms with Gasteiger partial charge in [-0.15, -0.1) is 0 Å². The molecule has 34 heavy (non-hydrogen) atoms. The maximum absolute atomic E-state index is 13.3. The molecule has 7 nitrogen and oxygen atoms in total. The molecule has 2 N–H and O–H groups in total. The van der Waals surface area contributed by atoms with Crippen molar-refractivity contribution in [1.29, 1.82) is 0 Å². The van der Waals surface area contributed by atoms with Crippen LogP contribution in [-0.4, -0.2) is 33.3 Å². The van der Waals surface area contributed by atoms with Crippen molar-refractivity contribution in [2.75, 3.05) is 10.2 Å². The van der Waals surface area contributed by atoms with Crippen LogP contribution >= 0.6 is 11.8 Å². The number of benzene rings is 3. The van der Waals surface area contributed by atoms with Crippen LogP contribution in [0.5, 0.6) is 0 Å². The SMILES string of the molecule is O=C(O)c1ccc(N2C(=O)CC(SC(=NCc3ccccc3)Nc3ccc(F)cc3)C2=O)cc1. The molecule has 0 bridgehead atoms. The van der Waals surface area contributed by atoms with E-state index < -0.39 is 17.1 Å². The highest BCUT2D eigenvalue weighted by Gasteiger charge is 2.40. The molecule has 1 aliphatic heterocycles. The molecule has 1 saturated heterocycles. The summed E-state index contributed by atoms with van der Waals surface area (Å²) >= 11 is 1.13. The highest BCUT2D eigenvalue weighted by atomic mass is 32.2. The van der Waals surface area contributed by atoms with Crippen LogP contribution < -0.4 is 10.2 Å². The topological polar surface area (TPSA) is 99.1 Å². The van der Waals surface area contributed by atoms with Gasteiger partial charge in [-0.3, -0.25) is 14.6 Å². The summed E-state index contributed by atoms with van der Waals surface area (Å²) in [6.07, 6.45) is -0.0281. The monoisotopic (exact) mass is 477 g/mol. The summed E-state index contributed by atoms with van der Waals surface area (Å²) in [5.41, 5.74) is 1.94. The van der Waals surface area contributed by atoms with E-state index in [2.05, 4.69) is 10.3 Å². The van der Waals surface area contributed by atoms with Gasteiger partial charge >= 0.3 is 5.97 Å². The molecule has 0 aromatic heterocycles. The molecular weight excluding hydrogens is 457 g/mol. The second-order valence-corrected chi connectivity index (χ2v) is 8.66. The van der Waals surface area contributed by atoms with Gasteiger partial charge in [-0.05, 0) is 54.1 Å². The first-order valence-corrected chi connectivity index (χ1v) is 11.3. The van der Waals surface area contributed by atoms with Crippen molar-refractivity contribution in [3.63, 3.8) is 0 Å². The third-order valence-electron chi connectivity index (χ3n) is 5.08. The lowest BCUT2D eigenvalue weighted by molar-refractivity contribution is -0.121. The summed E-state index contributed by atoms with van der Waals surface area (Å²) < 4.78 is 13.3. The average Bonchev–Trinajstić information content (AvgIpc) is 3.12. The Kier molecular flexibility index (Phi) is 7.03. The number of amidine groups is 1. The summed E-state index contributed by atoms with van der Waals surface area (Å²) in [6.45, 7) is 0.354. The molecule has 3 aromatic carbocycles. The lowest BCUT2D eigenvalue weighted by Gasteiger charge is -2.16. The predicted molar refractivity (Wildman–Crippen MR) is 129 cm³/mol. The minimum atomic E-state index is -1.09. The fourth-order valence-corrected chi connectivity index (χ4v) is 4.38. The van der Waals surface area contributed by atoms with E-state index in [1.165, 1.54) is 36.4 Å². The Balaban J connectivity index is 1.53. The molecule has 1 unspecified atom stereocenters. The molecule has 172 valence electrons. The van der Waals surface area contributed by atoms with Crippen LogP contribution in [0, 0.1) is 5.82 Å². The maximum Gasteiger partial charge on any atom is 0.335 e. The Hall–Kier alpha value is -3.98. The predicted octanol–water partition coefficient (Wildman–Crippen LogP) is 4.56. The zero-order chi connectivity index (χ0) is 24.1. The van der Waals surface area contributed by atoms with Crippen LogP contribution in [0.2, 0.25) is 0 Å². The number of nitrogens with zero attached hydrogens (tertiary/aromatic N) is 2. The molecule has 0 saturated carbocycles. The molecule has 4 rings (SSSR count). The number of hydrogen-bond acceptors (Lipinski definition) is 5. The van der Waals surface area contributed by atoms with Gasteiger partial charge in [0, 0.05) is 12.1 Å². The van der Waals surface area contributed by atoms with Crippen molar-refractivity contribution in [3.05, 3.63) is 95.8 Å². The summed E-state index contributed by atoms with van der Waals surface area (Å²) in [5, 5.41) is 11.9.